The topological polar surface area (TPSA) is 41.6 Å². The van der Waals surface area contributed by atoms with Crippen LogP contribution in [0.25, 0.3) is 11.0 Å². The molecule has 0 aliphatic rings. The van der Waals surface area contributed by atoms with Crippen molar-refractivity contribution in [3.8, 4) is 0 Å². The molecule has 1 N–H and O–H groups in total. The Morgan fingerprint density at radius 1 is 1.29 bits per heavy atom. The molecule has 4 heteroatoms. The van der Waals surface area contributed by atoms with E-state index in [0.717, 1.165) is 11.0 Å². The second-order valence-corrected chi connectivity index (χ2v) is 3.23. The summed E-state index contributed by atoms with van der Waals surface area (Å²) in [5, 5.41) is 3.04. The summed E-state index contributed by atoms with van der Waals surface area (Å²) in [7, 11) is 0. The number of aromatic amines is 1. The van der Waals surface area contributed by atoms with E-state index < -0.39 is 0 Å². The molecule has 3 aromatic rings. The predicted molar refractivity (Wildman–Crippen MR) is 57.0 cm³/mol. The van der Waals surface area contributed by atoms with Crippen LogP contribution < -0.4 is 0 Å². The van der Waals surface area contributed by atoms with Crippen LogP contribution in [0.15, 0.2) is 42.2 Å². The highest BCUT2D eigenvalue weighted by Gasteiger charge is 1.88. The summed E-state index contributed by atoms with van der Waals surface area (Å²) in [6, 6.07) is 5.96. The van der Waals surface area contributed by atoms with Crippen LogP contribution in [0, 0.1) is 5.51 Å². The molecule has 3 aromatic heterocycles. The van der Waals surface area contributed by atoms with Crippen LogP contribution in [0.1, 0.15) is 0 Å². The maximum absolute atomic E-state index is 4.09. The first-order chi connectivity index (χ1) is 6.97. The zero-order valence-electron chi connectivity index (χ0n) is 7.34. The van der Waals surface area contributed by atoms with Crippen molar-refractivity contribution in [3.63, 3.8) is 0 Å². The van der Waals surface area contributed by atoms with Gasteiger partial charge in [0.05, 0.1) is 0 Å². The van der Waals surface area contributed by atoms with E-state index in [9.17, 15) is 0 Å². The summed E-state index contributed by atoms with van der Waals surface area (Å²) in [5.41, 5.74) is 3.61. The van der Waals surface area contributed by atoms with Crippen molar-refractivity contribution >= 4 is 22.4 Å². The molecule has 0 fully saturated rings. The van der Waals surface area contributed by atoms with Gasteiger partial charge in [0.25, 0.3) is 0 Å². The molecule has 0 saturated carbocycles. The quantitative estimate of drug-likeness (QED) is 0.608. The highest BCUT2D eigenvalue weighted by atomic mass is 32.1. The van der Waals surface area contributed by atoms with Gasteiger partial charge in [-0.25, -0.2) is 9.97 Å². The van der Waals surface area contributed by atoms with E-state index in [-0.39, 0.29) is 0 Å². The minimum Gasteiger partial charge on any atom is -0.346 e. The van der Waals surface area contributed by atoms with E-state index in [1.54, 1.807) is 12.4 Å². The lowest BCUT2D eigenvalue weighted by Gasteiger charge is -1.82. The normalized spacial score (nSPS) is 9.43. The Hall–Kier alpha value is -1.68. The molecule has 0 amide bonds. The monoisotopic (exact) mass is 202 g/mol. The fraction of sp³-hybridized carbons (Fsp3) is 0. The molecule has 0 atom stereocenters. The van der Waals surface area contributed by atoms with Crippen molar-refractivity contribution in [1.82, 2.24) is 15.0 Å². The summed E-state index contributed by atoms with van der Waals surface area (Å²) in [5.74, 6) is 0. The molecular weight excluding hydrogens is 194 g/mol. The van der Waals surface area contributed by atoms with Gasteiger partial charge in [-0.15, -0.1) is 11.3 Å². The van der Waals surface area contributed by atoms with Crippen LogP contribution in [0.3, 0.4) is 0 Å². The Morgan fingerprint density at radius 2 is 2.29 bits per heavy atom. The number of aromatic nitrogens is 3. The maximum Gasteiger partial charge on any atom is 0.152 e. The van der Waals surface area contributed by atoms with Gasteiger partial charge < -0.3 is 4.98 Å². The Balaban J connectivity index is 0.000000128. The lowest BCUT2D eigenvalue weighted by atomic mass is 10.3. The average molecular weight is 202 g/mol. The second-order valence-electron chi connectivity index (χ2n) is 2.54. The first kappa shape index (κ1) is 8.90. The third-order valence-corrected chi connectivity index (χ3v) is 2.10. The predicted octanol–water partition coefficient (Wildman–Crippen LogP) is 2.51. The number of nitrogens with zero attached hydrogens (tertiary/aromatic N) is 2. The molecule has 3 nitrogen and oxygen atoms in total. The molecule has 14 heavy (non-hydrogen) atoms. The number of nitrogens with one attached hydrogen (secondary N) is 1. The fourth-order valence-electron chi connectivity index (χ4n) is 1.04. The van der Waals surface area contributed by atoms with Crippen molar-refractivity contribution in [1.29, 1.82) is 0 Å². The number of thiazole rings is 1. The number of fused-ring (bicyclic) bond motifs is 1. The minimum absolute atomic E-state index is 0.956. The van der Waals surface area contributed by atoms with Crippen LogP contribution in [0.5, 0.6) is 0 Å². The summed E-state index contributed by atoms with van der Waals surface area (Å²) < 4.78 is 0. The zero-order chi connectivity index (χ0) is 9.64. The third kappa shape index (κ3) is 2.17. The van der Waals surface area contributed by atoms with Crippen LogP contribution >= 0.6 is 11.3 Å². The van der Waals surface area contributed by atoms with Gasteiger partial charge in [0, 0.05) is 29.4 Å². The molecule has 69 valence electrons. The molecule has 0 saturated heterocycles. The van der Waals surface area contributed by atoms with E-state index in [2.05, 4.69) is 20.5 Å². The Bertz CT molecular complexity index is 425. The average Bonchev–Trinajstić information content (AvgIpc) is 2.92. The number of rotatable bonds is 0. The van der Waals surface area contributed by atoms with Gasteiger partial charge in [-0.05, 0) is 18.2 Å². The SMILES string of the molecule is [c]1nccs1.c1cnc2[nH]ccc2c1. The molecule has 0 aliphatic carbocycles. The zero-order valence-corrected chi connectivity index (χ0v) is 8.16. The van der Waals surface area contributed by atoms with Crippen molar-refractivity contribution in [2.45, 2.75) is 0 Å². The number of H-pyrrole nitrogens is 1. The van der Waals surface area contributed by atoms with Crippen LogP contribution in [0.2, 0.25) is 0 Å². The Kier molecular flexibility index (Phi) is 2.88. The molecule has 0 aromatic carbocycles. The Morgan fingerprint density at radius 3 is 2.93 bits per heavy atom. The lowest BCUT2D eigenvalue weighted by Crippen LogP contribution is -1.70. The van der Waals surface area contributed by atoms with Crippen molar-refractivity contribution in [2.75, 3.05) is 0 Å². The van der Waals surface area contributed by atoms with Gasteiger partial charge in [0.2, 0.25) is 0 Å². The van der Waals surface area contributed by atoms with Gasteiger partial charge >= 0.3 is 0 Å². The molecule has 0 bridgehead atoms. The number of hydrogen-bond donors (Lipinski definition) is 1. The minimum atomic E-state index is 0.956. The number of pyridine rings is 1. The van der Waals surface area contributed by atoms with Crippen LogP contribution in [-0.4, -0.2) is 15.0 Å². The first-order valence-electron chi connectivity index (χ1n) is 4.10. The highest BCUT2D eigenvalue weighted by Crippen LogP contribution is 2.05. The van der Waals surface area contributed by atoms with Gasteiger partial charge in [-0.1, -0.05) is 0 Å². The molecule has 0 aliphatic heterocycles. The molecule has 3 rings (SSSR count). The standard InChI is InChI=1S/C7H6N2.C3H2NS/c1-2-6-3-5-9-7(6)8-4-1;1-2-5-3-4-1/h1-5H,(H,8,9);1-2H. The second kappa shape index (κ2) is 4.53. The lowest BCUT2D eigenvalue weighted by molar-refractivity contribution is 1.33. The molecular formula is C10H8N3S. The van der Waals surface area contributed by atoms with Gasteiger partial charge in [0.15, 0.2) is 5.51 Å². The molecule has 0 unspecified atom stereocenters. The van der Waals surface area contributed by atoms with Crippen LogP contribution in [0.4, 0.5) is 0 Å². The highest BCUT2D eigenvalue weighted by molar-refractivity contribution is 7.06. The van der Waals surface area contributed by atoms with Crippen molar-refractivity contribution < 1.29 is 0 Å². The summed E-state index contributed by atoms with van der Waals surface area (Å²) >= 11 is 1.48. The van der Waals surface area contributed by atoms with E-state index in [4.69, 9.17) is 0 Å². The third-order valence-electron chi connectivity index (χ3n) is 1.63. The molecule has 1 radical (unpaired) electrons. The van der Waals surface area contributed by atoms with Crippen molar-refractivity contribution in [2.24, 2.45) is 0 Å². The van der Waals surface area contributed by atoms with E-state index in [0.29, 0.717) is 0 Å². The number of hydrogen-bond acceptors (Lipinski definition) is 3. The van der Waals surface area contributed by atoms with E-state index in [1.165, 1.54) is 11.3 Å². The largest absolute Gasteiger partial charge is 0.346 e. The van der Waals surface area contributed by atoms with Crippen LogP contribution in [-0.2, 0) is 0 Å². The van der Waals surface area contributed by atoms with Gasteiger partial charge in [0.1, 0.15) is 5.65 Å². The van der Waals surface area contributed by atoms with Gasteiger partial charge in [-0.2, -0.15) is 0 Å². The van der Waals surface area contributed by atoms with E-state index >= 15 is 0 Å². The summed E-state index contributed by atoms with van der Waals surface area (Å²) in [6.07, 6.45) is 5.38. The summed E-state index contributed by atoms with van der Waals surface area (Å²) in [6.45, 7) is 0. The van der Waals surface area contributed by atoms with Gasteiger partial charge in [-0.3, -0.25) is 0 Å². The van der Waals surface area contributed by atoms with E-state index in [1.807, 2.05) is 29.8 Å². The molecule has 3 heterocycles. The maximum atomic E-state index is 4.09. The fourth-order valence-corrected chi connectivity index (χ4v) is 1.34. The molecule has 0 spiro atoms. The van der Waals surface area contributed by atoms with Crippen molar-refractivity contribution in [3.05, 3.63) is 47.7 Å². The summed E-state index contributed by atoms with van der Waals surface area (Å²) in [4.78, 5) is 10.7. The smallest absolute Gasteiger partial charge is 0.152 e. The Labute approximate surface area is 85.5 Å². The first-order valence-corrected chi connectivity index (χ1v) is 4.98.